The van der Waals surface area contributed by atoms with E-state index in [4.69, 9.17) is 9.72 Å². The van der Waals surface area contributed by atoms with Gasteiger partial charge in [0.15, 0.2) is 0 Å². The highest BCUT2D eigenvalue weighted by molar-refractivity contribution is 5.78. The average molecular weight is 394 g/mol. The molecule has 0 saturated carbocycles. The van der Waals surface area contributed by atoms with Crippen LogP contribution in [0.2, 0.25) is 0 Å². The molecule has 0 radical (unpaired) electrons. The molecule has 0 unspecified atom stereocenters. The zero-order valence-electron chi connectivity index (χ0n) is 17.3. The molecule has 4 rings (SSSR count). The van der Waals surface area contributed by atoms with Gasteiger partial charge in [0, 0.05) is 36.8 Å². The molecule has 1 aromatic heterocycles. The molecular weight excluding hydrogens is 362 g/mol. The number of piperidine rings is 2. The van der Waals surface area contributed by atoms with Crippen molar-refractivity contribution in [2.45, 2.75) is 38.0 Å². The second-order valence-electron chi connectivity index (χ2n) is 8.20. The van der Waals surface area contributed by atoms with Crippen molar-refractivity contribution in [3.63, 3.8) is 0 Å². The lowest BCUT2D eigenvalue weighted by atomic mass is 9.93. The van der Waals surface area contributed by atoms with E-state index in [1.165, 1.54) is 6.42 Å². The maximum Gasteiger partial charge on any atom is 0.236 e. The standard InChI is InChI=1S/C24H31N3O2/c1-29-21-10-5-8-19(16-21)22-11-6-12-23(25-22)20-9-7-13-26(17-20)18-24(28)27-14-3-2-4-15-27/h5-6,8,10-12,16,20H,2-4,7,9,13-15,17-18H2,1H3/t20-/m0/s1. The molecule has 0 aliphatic carbocycles. The molecule has 2 aliphatic heterocycles. The van der Waals surface area contributed by atoms with Crippen LogP contribution in [0.4, 0.5) is 0 Å². The van der Waals surface area contributed by atoms with Crippen molar-refractivity contribution >= 4 is 5.91 Å². The zero-order chi connectivity index (χ0) is 20.1. The normalized spacial score (nSPS) is 20.4. The molecule has 3 heterocycles. The molecular formula is C24H31N3O2. The second-order valence-corrected chi connectivity index (χ2v) is 8.20. The van der Waals surface area contributed by atoms with E-state index in [2.05, 4.69) is 34.1 Å². The van der Waals surface area contributed by atoms with E-state index < -0.39 is 0 Å². The Kier molecular flexibility index (Phi) is 6.45. The number of hydrogen-bond acceptors (Lipinski definition) is 4. The van der Waals surface area contributed by atoms with Gasteiger partial charge < -0.3 is 9.64 Å². The number of rotatable bonds is 5. The van der Waals surface area contributed by atoms with Gasteiger partial charge in [0.1, 0.15) is 5.75 Å². The molecule has 5 heteroatoms. The fourth-order valence-corrected chi connectivity index (χ4v) is 4.50. The summed E-state index contributed by atoms with van der Waals surface area (Å²) in [4.78, 5) is 22.0. The van der Waals surface area contributed by atoms with Gasteiger partial charge in [-0.05, 0) is 62.9 Å². The van der Waals surface area contributed by atoms with Crippen LogP contribution in [0.25, 0.3) is 11.3 Å². The van der Waals surface area contributed by atoms with Gasteiger partial charge in [-0.1, -0.05) is 18.2 Å². The maximum absolute atomic E-state index is 12.7. The largest absolute Gasteiger partial charge is 0.497 e. The molecule has 2 aliphatic rings. The fourth-order valence-electron chi connectivity index (χ4n) is 4.50. The van der Waals surface area contributed by atoms with E-state index in [9.17, 15) is 4.79 Å². The van der Waals surface area contributed by atoms with Gasteiger partial charge in [-0.15, -0.1) is 0 Å². The Bertz CT molecular complexity index is 832. The Morgan fingerprint density at radius 3 is 2.72 bits per heavy atom. The highest BCUT2D eigenvalue weighted by Gasteiger charge is 2.26. The first-order chi connectivity index (χ1) is 14.2. The van der Waals surface area contributed by atoms with Gasteiger partial charge in [-0.3, -0.25) is 14.7 Å². The van der Waals surface area contributed by atoms with E-state index in [0.29, 0.717) is 18.4 Å². The number of carbonyl (C=O) groups is 1. The minimum atomic E-state index is 0.295. The number of benzene rings is 1. The third kappa shape index (κ3) is 4.96. The third-order valence-electron chi connectivity index (χ3n) is 6.13. The van der Waals surface area contributed by atoms with Gasteiger partial charge in [0.25, 0.3) is 0 Å². The lowest BCUT2D eigenvalue weighted by Crippen LogP contribution is -2.45. The van der Waals surface area contributed by atoms with Crippen LogP contribution >= 0.6 is 0 Å². The van der Waals surface area contributed by atoms with Crippen molar-refractivity contribution in [1.82, 2.24) is 14.8 Å². The van der Waals surface area contributed by atoms with Gasteiger partial charge in [0.2, 0.25) is 5.91 Å². The first-order valence-electron chi connectivity index (χ1n) is 10.8. The van der Waals surface area contributed by atoms with Crippen molar-refractivity contribution in [2.24, 2.45) is 0 Å². The zero-order valence-corrected chi connectivity index (χ0v) is 17.3. The minimum Gasteiger partial charge on any atom is -0.497 e. The number of aromatic nitrogens is 1. The molecule has 1 aromatic carbocycles. The number of nitrogens with zero attached hydrogens (tertiary/aromatic N) is 3. The first-order valence-corrected chi connectivity index (χ1v) is 10.8. The summed E-state index contributed by atoms with van der Waals surface area (Å²) in [5, 5.41) is 0. The SMILES string of the molecule is COc1cccc(-c2cccc([C@H]3CCCN(CC(=O)N4CCCCC4)C3)n2)c1. The topological polar surface area (TPSA) is 45.7 Å². The van der Waals surface area contributed by atoms with E-state index >= 15 is 0 Å². The van der Waals surface area contributed by atoms with E-state index in [-0.39, 0.29) is 0 Å². The molecule has 29 heavy (non-hydrogen) atoms. The average Bonchev–Trinajstić information content (AvgIpc) is 2.80. The van der Waals surface area contributed by atoms with Crippen LogP contribution in [0.3, 0.4) is 0 Å². The number of amides is 1. The number of hydrogen-bond donors (Lipinski definition) is 0. The van der Waals surface area contributed by atoms with Gasteiger partial charge in [-0.2, -0.15) is 0 Å². The van der Waals surface area contributed by atoms with Gasteiger partial charge in [-0.25, -0.2) is 0 Å². The second kappa shape index (κ2) is 9.40. The lowest BCUT2D eigenvalue weighted by molar-refractivity contribution is -0.133. The van der Waals surface area contributed by atoms with E-state index in [0.717, 1.165) is 74.6 Å². The Balaban J connectivity index is 1.43. The minimum absolute atomic E-state index is 0.295. The van der Waals surface area contributed by atoms with E-state index in [1.807, 2.05) is 18.2 Å². The summed E-state index contributed by atoms with van der Waals surface area (Å²) in [7, 11) is 1.69. The van der Waals surface area contributed by atoms with Crippen LogP contribution in [-0.2, 0) is 4.79 Å². The summed E-state index contributed by atoms with van der Waals surface area (Å²) >= 11 is 0. The number of ether oxygens (including phenoxy) is 1. The molecule has 1 atom stereocenters. The molecule has 1 amide bonds. The molecule has 5 nitrogen and oxygen atoms in total. The predicted octanol–water partition coefficient (Wildman–Crippen LogP) is 3.95. The van der Waals surface area contributed by atoms with Crippen LogP contribution < -0.4 is 4.74 Å². The van der Waals surface area contributed by atoms with Gasteiger partial charge >= 0.3 is 0 Å². The summed E-state index contributed by atoms with van der Waals surface area (Å²) in [6.07, 6.45) is 5.79. The summed E-state index contributed by atoms with van der Waals surface area (Å²) < 4.78 is 5.35. The van der Waals surface area contributed by atoms with E-state index in [1.54, 1.807) is 7.11 Å². The van der Waals surface area contributed by atoms with Crippen molar-refractivity contribution in [2.75, 3.05) is 39.8 Å². The Labute approximate surface area is 173 Å². The molecule has 0 spiro atoms. The Hall–Kier alpha value is -2.40. The van der Waals surface area contributed by atoms with Crippen LogP contribution in [-0.4, -0.2) is 60.5 Å². The summed E-state index contributed by atoms with van der Waals surface area (Å²) in [6, 6.07) is 14.3. The van der Waals surface area contributed by atoms with Crippen molar-refractivity contribution < 1.29 is 9.53 Å². The molecule has 154 valence electrons. The number of methoxy groups -OCH3 is 1. The fraction of sp³-hybridized carbons (Fsp3) is 0.500. The summed E-state index contributed by atoms with van der Waals surface area (Å²) in [5.41, 5.74) is 3.17. The number of pyridine rings is 1. The number of likely N-dealkylation sites (tertiary alicyclic amines) is 2. The first kappa shape index (κ1) is 19.9. The van der Waals surface area contributed by atoms with Crippen molar-refractivity contribution in [3.05, 3.63) is 48.2 Å². The van der Waals surface area contributed by atoms with Crippen LogP contribution in [0.5, 0.6) is 5.75 Å². The lowest BCUT2D eigenvalue weighted by Gasteiger charge is -2.34. The highest BCUT2D eigenvalue weighted by atomic mass is 16.5. The monoisotopic (exact) mass is 393 g/mol. The summed E-state index contributed by atoms with van der Waals surface area (Å²) in [5.74, 6) is 1.52. The molecule has 0 bridgehead atoms. The molecule has 2 aromatic rings. The van der Waals surface area contributed by atoms with Crippen molar-refractivity contribution in [1.29, 1.82) is 0 Å². The third-order valence-corrected chi connectivity index (χ3v) is 6.13. The maximum atomic E-state index is 12.7. The van der Waals surface area contributed by atoms with Crippen LogP contribution in [0.1, 0.15) is 43.7 Å². The highest BCUT2D eigenvalue weighted by Crippen LogP contribution is 2.28. The molecule has 0 N–H and O–H groups in total. The predicted molar refractivity (Wildman–Crippen MR) is 115 cm³/mol. The molecule has 2 saturated heterocycles. The summed E-state index contributed by atoms with van der Waals surface area (Å²) in [6.45, 7) is 4.33. The Morgan fingerprint density at radius 2 is 1.90 bits per heavy atom. The quantitative estimate of drug-likeness (QED) is 0.772. The number of carbonyl (C=O) groups excluding carboxylic acids is 1. The van der Waals surface area contributed by atoms with Crippen LogP contribution in [0.15, 0.2) is 42.5 Å². The van der Waals surface area contributed by atoms with Gasteiger partial charge in [0.05, 0.1) is 19.3 Å². The van der Waals surface area contributed by atoms with Crippen LogP contribution in [0, 0.1) is 0 Å². The van der Waals surface area contributed by atoms with Crippen molar-refractivity contribution in [3.8, 4) is 17.0 Å². The smallest absolute Gasteiger partial charge is 0.236 e. The Morgan fingerprint density at radius 1 is 1.07 bits per heavy atom. The molecule has 2 fully saturated rings.